The Morgan fingerprint density at radius 1 is 1.41 bits per heavy atom. The van der Waals surface area contributed by atoms with Gasteiger partial charge < -0.3 is 5.11 Å². The fourth-order valence-corrected chi connectivity index (χ4v) is 2.51. The van der Waals surface area contributed by atoms with Gasteiger partial charge in [0.05, 0.1) is 0 Å². The molecule has 2 nitrogen and oxygen atoms in total. The Hall–Kier alpha value is -1.57. The van der Waals surface area contributed by atoms with Gasteiger partial charge in [-0.05, 0) is 41.9 Å². The minimum absolute atomic E-state index is 0.136. The summed E-state index contributed by atoms with van der Waals surface area (Å²) in [7, 11) is 0. The minimum atomic E-state index is -0.855. The SMILES string of the molecule is Cc1ccc2c(c1)C(C)(C)CC/C2=C\C(=O)O. The molecule has 17 heavy (non-hydrogen) atoms. The van der Waals surface area contributed by atoms with Gasteiger partial charge in [0.15, 0.2) is 0 Å². The molecule has 0 radical (unpaired) electrons. The lowest BCUT2D eigenvalue weighted by molar-refractivity contribution is -0.131. The second kappa shape index (κ2) is 4.02. The maximum atomic E-state index is 10.8. The summed E-state index contributed by atoms with van der Waals surface area (Å²) in [4.78, 5) is 10.8. The molecule has 0 amide bonds. The van der Waals surface area contributed by atoms with Crippen LogP contribution in [0.25, 0.3) is 5.57 Å². The van der Waals surface area contributed by atoms with E-state index in [1.54, 1.807) is 0 Å². The van der Waals surface area contributed by atoms with Crippen LogP contribution in [0.5, 0.6) is 0 Å². The zero-order valence-corrected chi connectivity index (χ0v) is 10.6. The number of benzene rings is 1. The Kier molecular flexibility index (Phi) is 2.82. The molecule has 0 atom stereocenters. The van der Waals surface area contributed by atoms with Crippen molar-refractivity contribution in [1.82, 2.24) is 0 Å². The molecule has 2 heteroatoms. The summed E-state index contributed by atoms with van der Waals surface area (Å²) in [6.45, 7) is 6.52. The molecule has 0 fully saturated rings. The van der Waals surface area contributed by atoms with Crippen molar-refractivity contribution in [1.29, 1.82) is 0 Å². The molecule has 1 aliphatic carbocycles. The predicted octanol–water partition coefficient (Wildman–Crippen LogP) is 3.53. The Balaban J connectivity index is 2.60. The monoisotopic (exact) mass is 230 g/mol. The number of carboxylic acids is 1. The minimum Gasteiger partial charge on any atom is -0.478 e. The van der Waals surface area contributed by atoms with Crippen molar-refractivity contribution in [3.8, 4) is 0 Å². The highest BCUT2D eigenvalue weighted by Crippen LogP contribution is 2.42. The molecule has 0 heterocycles. The first-order valence-electron chi connectivity index (χ1n) is 5.95. The van der Waals surface area contributed by atoms with Gasteiger partial charge in [0.2, 0.25) is 0 Å². The summed E-state index contributed by atoms with van der Waals surface area (Å²) < 4.78 is 0. The van der Waals surface area contributed by atoms with Gasteiger partial charge in [-0.25, -0.2) is 4.79 Å². The zero-order chi connectivity index (χ0) is 12.6. The van der Waals surface area contributed by atoms with E-state index in [1.165, 1.54) is 17.2 Å². The summed E-state index contributed by atoms with van der Waals surface area (Å²) in [6, 6.07) is 6.29. The second-order valence-electron chi connectivity index (χ2n) is 5.44. The third kappa shape index (κ3) is 2.26. The van der Waals surface area contributed by atoms with Gasteiger partial charge in [-0.15, -0.1) is 0 Å². The smallest absolute Gasteiger partial charge is 0.328 e. The quantitative estimate of drug-likeness (QED) is 0.749. The van der Waals surface area contributed by atoms with E-state index < -0.39 is 5.97 Å². The standard InChI is InChI=1S/C15H18O2/c1-10-4-5-12-11(9-14(16)17)6-7-15(2,3)13(12)8-10/h4-5,8-9H,6-7H2,1-3H3,(H,16,17)/b11-9+. The van der Waals surface area contributed by atoms with Gasteiger partial charge in [-0.3, -0.25) is 0 Å². The van der Waals surface area contributed by atoms with Crippen LogP contribution in [0.15, 0.2) is 24.3 Å². The normalized spacial score (nSPS) is 20.1. The van der Waals surface area contributed by atoms with E-state index in [9.17, 15) is 4.79 Å². The van der Waals surface area contributed by atoms with Gasteiger partial charge in [0.1, 0.15) is 0 Å². The maximum absolute atomic E-state index is 10.8. The Labute approximate surface area is 102 Å². The molecule has 0 saturated heterocycles. The molecule has 1 N–H and O–H groups in total. The van der Waals surface area contributed by atoms with Crippen LogP contribution in [0.1, 0.15) is 43.4 Å². The number of hydrogen-bond donors (Lipinski definition) is 1. The number of carboxylic acid groups (broad SMARTS) is 1. The third-order valence-electron chi connectivity index (χ3n) is 3.57. The highest BCUT2D eigenvalue weighted by atomic mass is 16.4. The van der Waals surface area contributed by atoms with Gasteiger partial charge >= 0.3 is 5.97 Å². The van der Waals surface area contributed by atoms with E-state index in [2.05, 4.69) is 39.0 Å². The van der Waals surface area contributed by atoms with Crippen LogP contribution in [0.2, 0.25) is 0 Å². The van der Waals surface area contributed by atoms with Crippen molar-refractivity contribution < 1.29 is 9.90 Å². The summed E-state index contributed by atoms with van der Waals surface area (Å²) in [5.41, 5.74) is 4.70. The van der Waals surface area contributed by atoms with E-state index >= 15 is 0 Å². The first-order valence-corrected chi connectivity index (χ1v) is 5.95. The van der Waals surface area contributed by atoms with E-state index in [1.807, 2.05) is 0 Å². The molecular formula is C15H18O2. The molecule has 0 spiro atoms. The van der Waals surface area contributed by atoms with Crippen molar-refractivity contribution in [2.75, 3.05) is 0 Å². The highest BCUT2D eigenvalue weighted by molar-refractivity contribution is 5.91. The molecule has 0 bridgehead atoms. The van der Waals surface area contributed by atoms with Crippen LogP contribution in [0.3, 0.4) is 0 Å². The lowest BCUT2D eigenvalue weighted by Gasteiger charge is -2.34. The highest BCUT2D eigenvalue weighted by Gasteiger charge is 2.29. The topological polar surface area (TPSA) is 37.3 Å². The number of allylic oxidation sites excluding steroid dienone is 1. The fourth-order valence-electron chi connectivity index (χ4n) is 2.51. The number of aliphatic carboxylic acids is 1. The predicted molar refractivity (Wildman–Crippen MR) is 69.1 cm³/mol. The van der Waals surface area contributed by atoms with Crippen molar-refractivity contribution in [2.45, 2.75) is 39.0 Å². The number of hydrogen-bond acceptors (Lipinski definition) is 1. The van der Waals surface area contributed by atoms with E-state index in [0.29, 0.717) is 0 Å². The first-order chi connectivity index (χ1) is 7.90. The molecule has 2 rings (SSSR count). The number of carbonyl (C=O) groups is 1. The zero-order valence-electron chi connectivity index (χ0n) is 10.6. The molecule has 90 valence electrons. The summed E-state index contributed by atoms with van der Waals surface area (Å²) >= 11 is 0. The average molecular weight is 230 g/mol. The van der Waals surface area contributed by atoms with Crippen LogP contribution >= 0.6 is 0 Å². The second-order valence-corrected chi connectivity index (χ2v) is 5.44. The molecule has 1 aliphatic rings. The third-order valence-corrected chi connectivity index (χ3v) is 3.57. The molecule has 0 aliphatic heterocycles. The van der Waals surface area contributed by atoms with Crippen molar-refractivity contribution in [2.24, 2.45) is 0 Å². The largest absolute Gasteiger partial charge is 0.478 e. The lowest BCUT2D eigenvalue weighted by atomic mass is 9.70. The average Bonchev–Trinajstić information content (AvgIpc) is 2.22. The number of aryl methyl sites for hydroxylation is 1. The van der Waals surface area contributed by atoms with Gasteiger partial charge in [0.25, 0.3) is 0 Å². The Morgan fingerprint density at radius 3 is 2.76 bits per heavy atom. The Morgan fingerprint density at radius 2 is 2.12 bits per heavy atom. The van der Waals surface area contributed by atoms with E-state index in [-0.39, 0.29) is 5.41 Å². The van der Waals surface area contributed by atoms with E-state index in [0.717, 1.165) is 24.0 Å². The summed E-state index contributed by atoms with van der Waals surface area (Å²) in [5, 5.41) is 8.90. The van der Waals surface area contributed by atoms with Crippen LogP contribution in [0, 0.1) is 6.92 Å². The molecule has 0 unspecified atom stereocenters. The first kappa shape index (κ1) is 11.9. The van der Waals surface area contributed by atoms with Crippen LogP contribution in [-0.4, -0.2) is 11.1 Å². The lowest BCUT2D eigenvalue weighted by Crippen LogP contribution is -2.23. The van der Waals surface area contributed by atoms with Crippen molar-refractivity contribution in [3.05, 3.63) is 41.0 Å². The Bertz CT molecular complexity index is 496. The molecule has 0 saturated carbocycles. The molecule has 1 aromatic carbocycles. The van der Waals surface area contributed by atoms with Crippen LogP contribution < -0.4 is 0 Å². The molecule has 0 aromatic heterocycles. The van der Waals surface area contributed by atoms with Gasteiger partial charge in [-0.2, -0.15) is 0 Å². The van der Waals surface area contributed by atoms with Gasteiger partial charge in [0, 0.05) is 6.08 Å². The van der Waals surface area contributed by atoms with Crippen LogP contribution in [-0.2, 0) is 10.2 Å². The summed E-state index contributed by atoms with van der Waals surface area (Å²) in [6.07, 6.45) is 3.20. The maximum Gasteiger partial charge on any atom is 0.328 e. The number of fused-ring (bicyclic) bond motifs is 1. The van der Waals surface area contributed by atoms with Crippen molar-refractivity contribution in [3.63, 3.8) is 0 Å². The molecule has 1 aromatic rings. The van der Waals surface area contributed by atoms with E-state index in [4.69, 9.17) is 5.11 Å². The van der Waals surface area contributed by atoms with Crippen molar-refractivity contribution >= 4 is 11.5 Å². The van der Waals surface area contributed by atoms with Crippen LogP contribution in [0.4, 0.5) is 0 Å². The molecular weight excluding hydrogens is 212 g/mol. The fraction of sp³-hybridized carbons (Fsp3) is 0.400. The number of rotatable bonds is 1. The van der Waals surface area contributed by atoms with Gasteiger partial charge in [-0.1, -0.05) is 37.6 Å². The summed E-state index contributed by atoms with van der Waals surface area (Å²) in [5.74, 6) is -0.855.